The van der Waals surface area contributed by atoms with E-state index in [-0.39, 0.29) is 17.6 Å². The molecule has 1 aromatic rings. The molecule has 1 aromatic carbocycles. The number of carbonyl (C=O) groups is 1. The molecule has 0 aromatic heterocycles. The van der Waals surface area contributed by atoms with Gasteiger partial charge in [-0.3, -0.25) is 4.79 Å². The lowest BCUT2D eigenvalue weighted by atomic mass is 10.1. The number of hydrogen-bond acceptors (Lipinski definition) is 3. The number of carbonyl (C=O) groups excluding carboxylic acids is 1. The average Bonchev–Trinajstić information content (AvgIpc) is 2.78. The number of anilines is 1. The standard InChI is InChI=1S/C14H18FNO2S/c1-2-5-18-13-7-11(15)3-4-12(13)16-8-10(9-19)6-14(16)17/h3-4,7,10,19H,2,5-6,8-9H2,1H3. The van der Waals surface area contributed by atoms with Crippen LogP contribution < -0.4 is 9.64 Å². The number of amides is 1. The number of thiol groups is 1. The van der Waals surface area contributed by atoms with E-state index < -0.39 is 0 Å². The second-order valence-corrected chi connectivity index (χ2v) is 5.08. The van der Waals surface area contributed by atoms with Gasteiger partial charge in [-0.2, -0.15) is 12.6 Å². The highest BCUT2D eigenvalue weighted by atomic mass is 32.1. The van der Waals surface area contributed by atoms with Crippen LogP contribution in [0.15, 0.2) is 18.2 Å². The third-order valence-corrected chi connectivity index (χ3v) is 3.65. The van der Waals surface area contributed by atoms with E-state index in [4.69, 9.17) is 4.74 Å². The SMILES string of the molecule is CCCOc1cc(F)ccc1N1CC(CS)CC1=O. The lowest BCUT2D eigenvalue weighted by Crippen LogP contribution is -2.25. The van der Waals surface area contributed by atoms with Crippen molar-refractivity contribution in [1.82, 2.24) is 0 Å². The maximum atomic E-state index is 13.3. The van der Waals surface area contributed by atoms with E-state index in [2.05, 4.69) is 12.6 Å². The van der Waals surface area contributed by atoms with E-state index >= 15 is 0 Å². The van der Waals surface area contributed by atoms with Gasteiger partial charge >= 0.3 is 0 Å². The van der Waals surface area contributed by atoms with Crippen molar-refractivity contribution < 1.29 is 13.9 Å². The number of nitrogens with zero attached hydrogens (tertiary/aromatic N) is 1. The van der Waals surface area contributed by atoms with Crippen LogP contribution in [0.2, 0.25) is 0 Å². The number of hydrogen-bond donors (Lipinski definition) is 1. The molecule has 0 aliphatic carbocycles. The van der Waals surface area contributed by atoms with Gasteiger partial charge in [0.25, 0.3) is 0 Å². The van der Waals surface area contributed by atoms with Gasteiger partial charge in [-0.1, -0.05) is 6.92 Å². The summed E-state index contributed by atoms with van der Waals surface area (Å²) >= 11 is 4.24. The van der Waals surface area contributed by atoms with Gasteiger partial charge in [-0.05, 0) is 30.2 Å². The molecule has 1 heterocycles. The monoisotopic (exact) mass is 283 g/mol. The van der Waals surface area contributed by atoms with E-state index in [9.17, 15) is 9.18 Å². The van der Waals surface area contributed by atoms with E-state index in [0.29, 0.717) is 36.8 Å². The average molecular weight is 283 g/mol. The first-order chi connectivity index (χ1) is 9.15. The number of benzene rings is 1. The minimum Gasteiger partial charge on any atom is -0.491 e. The fourth-order valence-electron chi connectivity index (χ4n) is 2.18. The van der Waals surface area contributed by atoms with Gasteiger partial charge in [-0.25, -0.2) is 4.39 Å². The molecule has 0 bridgehead atoms. The molecule has 104 valence electrons. The molecular formula is C14H18FNO2S. The first kappa shape index (κ1) is 14.2. The third-order valence-electron chi connectivity index (χ3n) is 3.14. The molecular weight excluding hydrogens is 265 g/mol. The molecule has 1 amide bonds. The van der Waals surface area contributed by atoms with E-state index in [1.165, 1.54) is 12.1 Å². The van der Waals surface area contributed by atoms with Crippen molar-refractivity contribution in [3.8, 4) is 5.75 Å². The quantitative estimate of drug-likeness (QED) is 0.842. The summed E-state index contributed by atoms with van der Waals surface area (Å²) in [6, 6.07) is 4.31. The molecule has 19 heavy (non-hydrogen) atoms. The van der Waals surface area contributed by atoms with Crippen LogP contribution in [0.1, 0.15) is 19.8 Å². The first-order valence-electron chi connectivity index (χ1n) is 6.49. The Balaban J connectivity index is 2.25. The topological polar surface area (TPSA) is 29.5 Å². The summed E-state index contributed by atoms with van der Waals surface area (Å²) in [5, 5.41) is 0. The molecule has 0 saturated carbocycles. The van der Waals surface area contributed by atoms with Gasteiger partial charge in [0.05, 0.1) is 12.3 Å². The van der Waals surface area contributed by atoms with Crippen LogP contribution in [-0.2, 0) is 4.79 Å². The Bertz CT molecular complexity index is 467. The van der Waals surface area contributed by atoms with Crippen LogP contribution in [0.5, 0.6) is 5.75 Å². The molecule has 1 fully saturated rings. The molecule has 5 heteroatoms. The molecule has 0 radical (unpaired) electrons. The fourth-order valence-corrected chi connectivity index (χ4v) is 2.42. The number of ether oxygens (including phenoxy) is 1. The van der Waals surface area contributed by atoms with Crippen molar-refractivity contribution in [2.24, 2.45) is 5.92 Å². The van der Waals surface area contributed by atoms with Crippen LogP contribution in [0.25, 0.3) is 0 Å². The van der Waals surface area contributed by atoms with Gasteiger partial charge in [0, 0.05) is 19.0 Å². The van der Waals surface area contributed by atoms with Crippen LogP contribution in [0.3, 0.4) is 0 Å². The summed E-state index contributed by atoms with van der Waals surface area (Å²) in [5.74, 6) is 1.06. The Hall–Kier alpha value is -1.23. The van der Waals surface area contributed by atoms with Gasteiger partial charge in [0.15, 0.2) is 0 Å². The smallest absolute Gasteiger partial charge is 0.227 e. The minimum atomic E-state index is -0.354. The summed E-state index contributed by atoms with van der Waals surface area (Å²) in [6.07, 6.45) is 1.33. The Morgan fingerprint density at radius 2 is 2.32 bits per heavy atom. The summed E-state index contributed by atoms with van der Waals surface area (Å²) < 4.78 is 18.8. The molecule has 1 saturated heterocycles. The summed E-state index contributed by atoms with van der Waals surface area (Å²) in [6.45, 7) is 3.11. The van der Waals surface area contributed by atoms with Crippen molar-refractivity contribution in [2.45, 2.75) is 19.8 Å². The summed E-state index contributed by atoms with van der Waals surface area (Å²) in [5.41, 5.74) is 0.657. The van der Waals surface area contributed by atoms with Gasteiger partial charge < -0.3 is 9.64 Å². The Kier molecular flexibility index (Phi) is 4.69. The zero-order valence-corrected chi connectivity index (χ0v) is 11.8. The zero-order chi connectivity index (χ0) is 13.8. The van der Waals surface area contributed by atoms with Gasteiger partial charge in [-0.15, -0.1) is 0 Å². The van der Waals surface area contributed by atoms with E-state index in [0.717, 1.165) is 6.42 Å². The fraction of sp³-hybridized carbons (Fsp3) is 0.500. The highest BCUT2D eigenvalue weighted by Crippen LogP contribution is 2.34. The van der Waals surface area contributed by atoms with E-state index in [1.807, 2.05) is 6.92 Å². The van der Waals surface area contributed by atoms with Crippen molar-refractivity contribution in [3.63, 3.8) is 0 Å². The maximum Gasteiger partial charge on any atom is 0.227 e. The van der Waals surface area contributed by atoms with Crippen molar-refractivity contribution in [1.29, 1.82) is 0 Å². The van der Waals surface area contributed by atoms with Gasteiger partial charge in [0.1, 0.15) is 11.6 Å². The predicted molar refractivity (Wildman–Crippen MR) is 76.5 cm³/mol. The second kappa shape index (κ2) is 6.28. The molecule has 1 aliphatic rings. The normalized spacial score (nSPS) is 19.0. The molecule has 1 aliphatic heterocycles. The second-order valence-electron chi connectivity index (χ2n) is 4.72. The minimum absolute atomic E-state index is 0.0482. The lowest BCUT2D eigenvalue weighted by Gasteiger charge is -2.20. The summed E-state index contributed by atoms with van der Waals surface area (Å²) in [4.78, 5) is 13.7. The van der Waals surface area contributed by atoms with Crippen LogP contribution >= 0.6 is 12.6 Å². The number of rotatable bonds is 5. The molecule has 3 nitrogen and oxygen atoms in total. The Morgan fingerprint density at radius 1 is 1.53 bits per heavy atom. The molecule has 0 N–H and O–H groups in total. The predicted octanol–water partition coefficient (Wildman–Crippen LogP) is 2.90. The maximum absolute atomic E-state index is 13.3. The third kappa shape index (κ3) is 3.21. The highest BCUT2D eigenvalue weighted by Gasteiger charge is 2.31. The van der Waals surface area contributed by atoms with Crippen molar-refractivity contribution >= 4 is 24.2 Å². The Morgan fingerprint density at radius 3 is 2.95 bits per heavy atom. The highest BCUT2D eigenvalue weighted by molar-refractivity contribution is 7.80. The lowest BCUT2D eigenvalue weighted by molar-refractivity contribution is -0.117. The van der Waals surface area contributed by atoms with Crippen LogP contribution in [-0.4, -0.2) is 24.8 Å². The number of halogens is 1. The zero-order valence-electron chi connectivity index (χ0n) is 10.9. The summed E-state index contributed by atoms with van der Waals surface area (Å²) in [7, 11) is 0. The molecule has 0 spiro atoms. The molecule has 1 unspecified atom stereocenters. The molecule has 2 rings (SSSR count). The Labute approximate surface area is 118 Å². The van der Waals surface area contributed by atoms with Crippen LogP contribution in [0, 0.1) is 11.7 Å². The van der Waals surface area contributed by atoms with Crippen LogP contribution in [0.4, 0.5) is 10.1 Å². The van der Waals surface area contributed by atoms with Crippen molar-refractivity contribution in [3.05, 3.63) is 24.0 Å². The first-order valence-corrected chi connectivity index (χ1v) is 7.12. The van der Waals surface area contributed by atoms with E-state index in [1.54, 1.807) is 11.0 Å². The molecule has 1 atom stereocenters. The van der Waals surface area contributed by atoms with Crippen molar-refractivity contribution in [2.75, 3.05) is 23.8 Å². The largest absolute Gasteiger partial charge is 0.491 e. The van der Waals surface area contributed by atoms with Gasteiger partial charge in [0.2, 0.25) is 5.91 Å².